The molecule has 1 aliphatic rings. The van der Waals surface area contributed by atoms with Gasteiger partial charge >= 0.3 is 0 Å². The molecule has 2 aromatic carbocycles. The van der Waals surface area contributed by atoms with Crippen molar-refractivity contribution in [1.29, 1.82) is 0 Å². The molecule has 1 aliphatic heterocycles. The van der Waals surface area contributed by atoms with Crippen LogP contribution in [0.4, 0.5) is 11.4 Å². The summed E-state index contributed by atoms with van der Waals surface area (Å²) in [4.78, 5) is 35.0. The molecular formula is C21H23N3O6. The van der Waals surface area contributed by atoms with Crippen molar-refractivity contribution >= 4 is 17.3 Å². The molecule has 0 aromatic heterocycles. The van der Waals surface area contributed by atoms with E-state index in [2.05, 4.69) is 6.92 Å². The number of nitrogens with zero attached hydrogens (tertiary/aromatic N) is 3. The fraction of sp³-hybridized carbons (Fsp3) is 0.381. The number of nitro groups is 2. The summed E-state index contributed by atoms with van der Waals surface area (Å²) >= 11 is 0. The smallest absolute Gasteiger partial charge is 0.280 e. The summed E-state index contributed by atoms with van der Waals surface area (Å²) in [5, 5.41) is 22.0. The number of non-ortho nitro benzene ring substituents is 2. The van der Waals surface area contributed by atoms with Crippen molar-refractivity contribution in [3.63, 3.8) is 0 Å². The average molecular weight is 413 g/mol. The number of carbonyl (C=O) groups excluding carboxylic acids is 1. The Balaban J connectivity index is 1.63. The minimum Gasteiger partial charge on any atom is -0.457 e. The number of hydrogen-bond acceptors (Lipinski definition) is 6. The van der Waals surface area contributed by atoms with E-state index in [4.69, 9.17) is 4.74 Å². The number of ether oxygens (including phenoxy) is 1. The van der Waals surface area contributed by atoms with E-state index in [1.54, 1.807) is 12.1 Å². The molecule has 3 rings (SSSR count). The number of carbonyl (C=O) groups is 1. The van der Waals surface area contributed by atoms with Crippen LogP contribution in [0, 0.1) is 20.2 Å². The van der Waals surface area contributed by atoms with Crippen LogP contribution in [-0.2, 0) is 11.2 Å². The number of hydrogen-bond donors (Lipinski definition) is 0. The van der Waals surface area contributed by atoms with E-state index in [9.17, 15) is 25.0 Å². The van der Waals surface area contributed by atoms with E-state index in [-0.39, 0.29) is 11.7 Å². The van der Waals surface area contributed by atoms with E-state index in [0.717, 1.165) is 43.1 Å². The van der Waals surface area contributed by atoms with Gasteiger partial charge in [0.1, 0.15) is 11.5 Å². The van der Waals surface area contributed by atoms with E-state index < -0.39 is 21.2 Å². The van der Waals surface area contributed by atoms with Crippen molar-refractivity contribution < 1.29 is 19.4 Å². The predicted octanol–water partition coefficient (Wildman–Crippen LogP) is 4.63. The summed E-state index contributed by atoms with van der Waals surface area (Å²) in [6, 6.07) is 10.4. The Labute approximate surface area is 173 Å². The normalized spacial score (nSPS) is 16.2. The van der Waals surface area contributed by atoms with E-state index in [1.807, 2.05) is 17.0 Å². The molecule has 0 bridgehead atoms. The van der Waals surface area contributed by atoms with Crippen molar-refractivity contribution in [2.45, 2.75) is 45.1 Å². The van der Waals surface area contributed by atoms with Gasteiger partial charge in [-0.3, -0.25) is 25.0 Å². The Kier molecular flexibility index (Phi) is 6.61. The second-order valence-electron chi connectivity index (χ2n) is 7.38. The zero-order valence-electron chi connectivity index (χ0n) is 16.7. The van der Waals surface area contributed by atoms with Gasteiger partial charge in [-0.2, -0.15) is 0 Å². The molecule has 1 atom stereocenters. The van der Waals surface area contributed by atoms with Crippen LogP contribution in [0.5, 0.6) is 11.5 Å². The molecule has 9 nitrogen and oxygen atoms in total. The lowest BCUT2D eigenvalue weighted by Gasteiger charge is -2.33. The largest absolute Gasteiger partial charge is 0.457 e. The Morgan fingerprint density at radius 2 is 1.67 bits per heavy atom. The van der Waals surface area contributed by atoms with Crippen LogP contribution in [0.15, 0.2) is 42.5 Å². The minimum atomic E-state index is -0.705. The fourth-order valence-electron chi connectivity index (χ4n) is 3.56. The van der Waals surface area contributed by atoms with E-state index in [1.165, 1.54) is 6.42 Å². The van der Waals surface area contributed by atoms with Crippen molar-refractivity contribution in [3.8, 4) is 11.5 Å². The highest BCUT2D eigenvalue weighted by Gasteiger charge is 2.22. The molecule has 0 N–H and O–H groups in total. The molecule has 9 heteroatoms. The molecule has 158 valence electrons. The Bertz CT molecular complexity index is 912. The first-order valence-corrected chi connectivity index (χ1v) is 9.83. The summed E-state index contributed by atoms with van der Waals surface area (Å²) in [5.74, 6) is 0.564. The van der Waals surface area contributed by atoms with E-state index >= 15 is 0 Å². The average Bonchev–Trinajstić information content (AvgIpc) is 2.73. The lowest BCUT2D eigenvalue weighted by atomic mass is 10.0. The third-order valence-electron chi connectivity index (χ3n) is 5.21. The highest BCUT2D eigenvalue weighted by atomic mass is 16.6. The third kappa shape index (κ3) is 5.31. The molecule has 1 amide bonds. The van der Waals surface area contributed by atoms with Crippen molar-refractivity contribution in [1.82, 2.24) is 4.90 Å². The summed E-state index contributed by atoms with van der Waals surface area (Å²) in [6.07, 6.45) is 4.30. The number of nitro benzene ring substituents is 2. The number of amides is 1. The van der Waals surface area contributed by atoms with Crippen LogP contribution in [-0.4, -0.2) is 33.2 Å². The molecule has 30 heavy (non-hydrogen) atoms. The van der Waals surface area contributed by atoms with Crippen molar-refractivity contribution in [2.75, 3.05) is 6.54 Å². The Morgan fingerprint density at radius 1 is 1.03 bits per heavy atom. The molecular weight excluding hydrogens is 390 g/mol. The van der Waals surface area contributed by atoms with Gasteiger partial charge in [-0.15, -0.1) is 0 Å². The summed E-state index contributed by atoms with van der Waals surface area (Å²) in [7, 11) is 0. The number of aryl methyl sites for hydroxylation is 1. The number of benzene rings is 2. The molecule has 0 unspecified atom stereocenters. The molecule has 2 aromatic rings. The third-order valence-corrected chi connectivity index (χ3v) is 5.21. The maximum atomic E-state index is 12.5. The Hall–Kier alpha value is -3.49. The monoisotopic (exact) mass is 413 g/mol. The second-order valence-corrected chi connectivity index (χ2v) is 7.38. The minimum absolute atomic E-state index is 0.0120. The van der Waals surface area contributed by atoms with Crippen LogP contribution in [0.1, 0.15) is 38.2 Å². The van der Waals surface area contributed by atoms with Crippen LogP contribution in [0.3, 0.4) is 0 Å². The zero-order chi connectivity index (χ0) is 21.7. The van der Waals surface area contributed by atoms with Gasteiger partial charge in [0.15, 0.2) is 0 Å². The maximum absolute atomic E-state index is 12.5. The quantitative estimate of drug-likeness (QED) is 0.483. The van der Waals surface area contributed by atoms with Crippen LogP contribution >= 0.6 is 0 Å². The fourth-order valence-corrected chi connectivity index (χ4v) is 3.56. The van der Waals surface area contributed by atoms with Crippen molar-refractivity contribution in [2.24, 2.45) is 0 Å². The maximum Gasteiger partial charge on any atom is 0.280 e. The van der Waals surface area contributed by atoms with Gasteiger partial charge in [0.25, 0.3) is 11.4 Å². The van der Waals surface area contributed by atoms with Gasteiger partial charge in [-0.1, -0.05) is 12.1 Å². The van der Waals surface area contributed by atoms with Gasteiger partial charge in [0.05, 0.1) is 28.0 Å². The second kappa shape index (κ2) is 9.34. The van der Waals surface area contributed by atoms with Gasteiger partial charge in [-0.05, 0) is 50.3 Å². The first-order chi connectivity index (χ1) is 14.3. The van der Waals surface area contributed by atoms with Crippen LogP contribution < -0.4 is 4.74 Å². The van der Waals surface area contributed by atoms with Crippen LogP contribution in [0.2, 0.25) is 0 Å². The number of rotatable bonds is 7. The summed E-state index contributed by atoms with van der Waals surface area (Å²) < 4.78 is 5.57. The van der Waals surface area contributed by atoms with Gasteiger partial charge < -0.3 is 9.64 Å². The molecule has 1 heterocycles. The number of piperidine rings is 1. The highest BCUT2D eigenvalue weighted by Crippen LogP contribution is 2.31. The molecule has 0 aliphatic carbocycles. The first kappa shape index (κ1) is 21.2. The molecule has 1 saturated heterocycles. The summed E-state index contributed by atoms with van der Waals surface area (Å²) in [5.41, 5.74) is 0.132. The predicted molar refractivity (Wildman–Crippen MR) is 110 cm³/mol. The summed E-state index contributed by atoms with van der Waals surface area (Å²) in [6.45, 7) is 2.91. The SMILES string of the molecule is C[C@@H]1CCCCN1C(=O)CCc1ccc(Oc2cc([N+](=O)[O-])cc([N+](=O)[O-])c2)cc1. The lowest BCUT2D eigenvalue weighted by molar-refractivity contribution is -0.394. The van der Waals surface area contributed by atoms with Crippen molar-refractivity contribution in [3.05, 3.63) is 68.3 Å². The van der Waals surface area contributed by atoms with E-state index in [0.29, 0.717) is 24.6 Å². The molecule has 0 radical (unpaired) electrons. The standard InChI is InChI=1S/C21H23N3O6/c1-15-4-2-3-11-22(15)21(25)10-7-16-5-8-19(9-6-16)30-20-13-17(23(26)27)12-18(14-20)24(28)29/h5-6,8-9,12-15H,2-4,7,10-11H2,1H3/t15-/m1/s1. The number of likely N-dealkylation sites (tertiary alicyclic amines) is 1. The first-order valence-electron chi connectivity index (χ1n) is 9.83. The molecule has 0 saturated carbocycles. The van der Waals surface area contributed by atoms with Gasteiger partial charge in [0, 0.05) is 19.0 Å². The Morgan fingerprint density at radius 3 is 2.23 bits per heavy atom. The lowest BCUT2D eigenvalue weighted by Crippen LogP contribution is -2.42. The van der Waals surface area contributed by atoms with Crippen LogP contribution in [0.25, 0.3) is 0 Å². The zero-order valence-corrected chi connectivity index (χ0v) is 16.7. The van der Waals surface area contributed by atoms with Gasteiger partial charge in [0.2, 0.25) is 5.91 Å². The molecule has 1 fully saturated rings. The topological polar surface area (TPSA) is 116 Å². The van der Waals surface area contributed by atoms with Gasteiger partial charge in [-0.25, -0.2) is 0 Å². The molecule has 0 spiro atoms. The highest BCUT2D eigenvalue weighted by molar-refractivity contribution is 5.76.